The topological polar surface area (TPSA) is 63.7 Å². The van der Waals surface area contributed by atoms with Gasteiger partial charge in [-0.3, -0.25) is 19.3 Å². The normalized spacial score (nSPS) is 36.6. The fourth-order valence-electron chi connectivity index (χ4n) is 3.93. The molecule has 1 saturated carbocycles. The Labute approximate surface area is 124 Å². The molecule has 1 saturated heterocycles. The summed E-state index contributed by atoms with van der Waals surface area (Å²) in [4.78, 5) is 38.0. The zero-order chi connectivity index (χ0) is 15.4. The fourth-order valence-corrected chi connectivity index (χ4v) is 3.93. The summed E-state index contributed by atoms with van der Waals surface area (Å²) in [7, 11) is 1.38. The molecule has 0 aromatic heterocycles. The minimum absolute atomic E-state index is 0.00552. The third-order valence-corrected chi connectivity index (χ3v) is 5.48. The SMILES string of the molecule is COC(=O)C1C(CN2C(=O)C3CC=CCC3C2=O)C1(C)C. The zero-order valence-electron chi connectivity index (χ0n) is 12.7. The number of likely N-dealkylation sites (tertiary alicyclic amines) is 1. The molecule has 3 aliphatic rings. The van der Waals surface area contributed by atoms with Gasteiger partial charge in [0.25, 0.3) is 0 Å². The van der Waals surface area contributed by atoms with E-state index in [9.17, 15) is 14.4 Å². The van der Waals surface area contributed by atoms with Crippen molar-refractivity contribution >= 4 is 17.8 Å². The van der Waals surface area contributed by atoms with Crippen LogP contribution in [-0.4, -0.2) is 36.3 Å². The van der Waals surface area contributed by atoms with Crippen LogP contribution in [0.25, 0.3) is 0 Å². The quantitative estimate of drug-likeness (QED) is 0.448. The smallest absolute Gasteiger partial charge is 0.309 e. The maximum Gasteiger partial charge on any atom is 0.309 e. The first-order valence-electron chi connectivity index (χ1n) is 7.47. The Bertz CT molecular complexity index is 510. The minimum Gasteiger partial charge on any atom is -0.469 e. The first kappa shape index (κ1) is 14.3. The fraction of sp³-hybridized carbons (Fsp3) is 0.688. The zero-order valence-corrected chi connectivity index (χ0v) is 12.7. The molecule has 1 aliphatic heterocycles. The molecule has 0 aromatic carbocycles. The Morgan fingerprint density at radius 3 is 2.24 bits per heavy atom. The maximum absolute atomic E-state index is 12.4. The lowest BCUT2D eigenvalue weighted by atomic mass is 9.85. The van der Waals surface area contributed by atoms with E-state index in [0.717, 1.165) is 0 Å². The number of hydrogen-bond donors (Lipinski definition) is 0. The van der Waals surface area contributed by atoms with Gasteiger partial charge in [-0.25, -0.2) is 0 Å². The van der Waals surface area contributed by atoms with Gasteiger partial charge in [0.15, 0.2) is 0 Å². The number of carbonyl (C=O) groups is 3. The van der Waals surface area contributed by atoms with E-state index in [4.69, 9.17) is 4.74 Å². The molecule has 114 valence electrons. The number of ether oxygens (including phenoxy) is 1. The number of esters is 1. The predicted octanol–water partition coefficient (Wildman–Crippen LogP) is 1.38. The van der Waals surface area contributed by atoms with Gasteiger partial charge in [0.05, 0.1) is 24.9 Å². The highest BCUT2D eigenvalue weighted by Crippen LogP contribution is 2.59. The molecule has 0 N–H and O–H groups in total. The van der Waals surface area contributed by atoms with Crippen molar-refractivity contribution in [3.8, 4) is 0 Å². The van der Waals surface area contributed by atoms with Crippen LogP contribution in [0.4, 0.5) is 0 Å². The van der Waals surface area contributed by atoms with Gasteiger partial charge < -0.3 is 4.74 Å². The van der Waals surface area contributed by atoms with E-state index >= 15 is 0 Å². The van der Waals surface area contributed by atoms with Crippen LogP contribution in [0.3, 0.4) is 0 Å². The van der Waals surface area contributed by atoms with Crippen molar-refractivity contribution in [3.63, 3.8) is 0 Å². The summed E-state index contributed by atoms with van der Waals surface area (Å²) in [6.07, 6.45) is 5.27. The van der Waals surface area contributed by atoms with E-state index in [1.54, 1.807) is 0 Å². The Morgan fingerprint density at radius 1 is 1.24 bits per heavy atom. The van der Waals surface area contributed by atoms with Crippen LogP contribution in [0, 0.1) is 29.1 Å². The molecular weight excluding hydrogens is 270 g/mol. The number of fused-ring (bicyclic) bond motifs is 1. The molecule has 2 fully saturated rings. The van der Waals surface area contributed by atoms with Crippen molar-refractivity contribution in [1.82, 2.24) is 4.90 Å². The number of hydrogen-bond acceptors (Lipinski definition) is 4. The molecule has 0 aromatic rings. The van der Waals surface area contributed by atoms with Crippen LogP contribution in [0.1, 0.15) is 26.7 Å². The van der Waals surface area contributed by atoms with Gasteiger partial charge in [-0.05, 0) is 24.2 Å². The van der Waals surface area contributed by atoms with E-state index in [-0.39, 0.29) is 46.9 Å². The number of amides is 2. The van der Waals surface area contributed by atoms with Gasteiger partial charge in [0.1, 0.15) is 0 Å². The number of rotatable bonds is 3. The van der Waals surface area contributed by atoms with Crippen molar-refractivity contribution in [2.24, 2.45) is 29.1 Å². The molecule has 5 nitrogen and oxygen atoms in total. The average Bonchev–Trinajstić information content (AvgIpc) is 2.93. The molecule has 0 radical (unpaired) electrons. The van der Waals surface area contributed by atoms with Gasteiger partial charge in [0.2, 0.25) is 11.8 Å². The Balaban J connectivity index is 1.73. The van der Waals surface area contributed by atoms with Crippen LogP contribution >= 0.6 is 0 Å². The summed E-state index contributed by atoms with van der Waals surface area (Å²) in [5, 5.41) is 0. The summed E-state index contributed by atoms with van der Waals surface area (Å²) in [5.74, 6) is -0.985. The molecule has 4 unspecified atom stereocenters. The summed E-state index contributed by atoms with van der Waals surface area (Å²) in [6, 6.07) is 0. The number of allylic oxidation sites excluding steroid dienone is 2. The first-order chi connectivity index (χ1) is 9.89. The summed E-state index contributed by atoms with van der Waals surface area (Å²) < 4.78 is 4.82. The van der Waals surface area contributed by atoms with E-state index < -0.39 is 0 Å². The second-order valence-corrected chi connectivity index (χ2v) is 6.87. The first-order valence-corrected chi connectivity index (χ1v) is 7.47. The van der Waals surface area contributed by atoms with Crippen LogP contribution < -0.4 is 0 Å². The number of methoxy groups -OCH3 is 1. The van der Waals surface area contributed by atoms with Gasteiger partial charge in [-0.15, -0.1) is 0 Å². The monoisotopic (exact) mass is 291 g/mol. The lowest BCUT2D eigenvalue weighted by Gasteiger charge is -2.15. The number of nitrogens with zero attached hydrogens (tertiary/aromatic N) is 1. The van der Waals surface area contributed by atoms with Gasteiger partial charge in [-0.1, -0.05) is 26.0 Å². The highest BCUT2D eigenvalue weighted by Gasteiger charge is 2.64. The van der Waals surface area contributed by atoms with Crippen molar-refractivity contribution in [3.05, 3.63) is 12.2 Å². The van der Waals surface area contributed by atoms with Crippen molar-refractivity contribution < 1.29 is 19.1 Å². The van der Waals surface area contributed by atoms with Gasteiger partial charge in [0, 0.05) is 6.54 Å². The molecule has 2 aliphatic carbocycles. The Morgan fingerprint density at radius 2 is 1.76 bits per heavy atom. The molecule has 0 bridgehead atoms. The lowest BCUT2D eigenvalue weighted by Crippen LogP contribution is -2.34. The summed E-state index contributed by atoms with van der Waals surface area (Å²) >= 11 is 0. The molecular formula is C16H21NO4. The second kappa shape index (κ2) is 4.68. The van der Waals surface area contributed by atoms with Gasteiger partial charge >= 0.3 is 5.97 Å². The maximum atomic E-state index is 12.4. The van der Waals surface area contributed by atoms with Crippen molar-refractivity contribution in [2.75, 3.05) is 13.7 Å². The van der Waals surface area contributed by atoms with E-state index in [1.807, 2.05) is 26.0 Å². The minimum atomic E-state index is -0.247. The molecule has 0 spiro atoms. The predicted molar refractivity (Wildman–Crippen MR) is 74.9 cm³/mol. The highest BCUT2D eigenvalue weighted by atomic mass is 16.5. The Kier molecular flexibility index (Phi) is 3.19. The summed E-state index contributed by atoms with van der Waals surface area (Å²) in [6.45, 7) is 4.31. The van der Waals surface area contributed by atoms with Crippen LogP contribution in [0.2, 0.25) is 0 Å². The number of imide groups is 1. The molecule has 3 rings (SSSR count). The molecule has 5 heteroatoms. The molecule has 21 heavy (non-hydrogen) atoms. The third kappa shape index (κ3) is 2.01. The third-order valence-electron chi connectivity index (χ3n) is 5.48. The van der Waals surface area contributed by atoms with Crippen LogP contribution in [-0.2, 0) is 19.1 Å². The highest BCUT2D eigenvalue weighted by molar-refractivity contribution is 6.05. The van der Waals surface area contributed by atoms with E-state index in [2.05, 4.69) is 0 Å². The van der Waals surface area contributed by atoms with Crippen LogP contribution in [0.15, 0.2) is 12.2 Å². The van der Waals surface area contributed by atoms with Crippen molar-refractivity contribution in [1.29, 1.82) is 0 Å². The van der Waals surface area contributed by atoms with Crippen molar-refractivity contribution in [2.45, 2.75) is 26.7 Å². The molecule has 4 atom stereocenters. The van der Waals surface area contributed by atoms with Crippen LogP contribution in [0.5, 0.6) is 0 Å². The second-order valence-electron chi connectivity index (χ2n) is 6.87. The largest absolute Gasteiger partial charge is 0.469 e. The van der Waals surface area contributed by atoms with Gasteiger partial charge in [-0.2, -0.15) is 0 Å². The average molecular weight is 291 g/mol. The lowest BCUT2D eigenvalue weighted by molar-refractivity contribution is -0.144. The molecule has 2 amide bonds. The number of carbonyl (C=O) groups excluding carboxylic acids is 3. The summed E-state index contributed by atoms with van der Waals surface area (Å²) in [5.41, 5.74) is -0.209. The van der Waals surface area contributed by atoms with E-state index in [0.29, 0.717) is 19.4 Å². The molecule has 1 heterocycles. The van der Waals surface area contributed by atoms with E-state index in [1.165, 1.54) is 12.0 Å². The Hall–Kier alpha value is -1.65. The standard InChI is InChI=1S/C16H21NO4/c1-16(2)11(12(16)15(20)21-3)8-17-13(18)9-6-4-5-7-10(9)14(17)19/h4-5,9-12H,6-8H2,1-3H3.